The Hall–Kier alpha value is -2.86. The van der Waals surface area contributed by atoms with E-state index in [1.54, 1.807) is 12.3 Å². The predicted octanol–water partition coefficient (Wildman–Crippen LogP) is 3.67. The Morgan fingerprint density at radius 1 is 1.20 bits per heavy atom. The number of hydrogen-bond acceptors (Lipinski definition) is 7. The summed E-state index contributed by atoms with van der Waals surface area (Å²) in [5.41, 5.74) is -0.136. The topological polar surface area (TPSA) is 97.4 Å². The van der Waals surface area contributed by atoms with Gasteiger partial charge in [0.05, 0.1) is 24.8 Å². The molecular formula is C23H23F3N4O4S. The fraction of sp³-hybridized carbons (Fsp3) is 0.478. The van der Waals surface area contributed by atoms with E-state index in [1.165, 1.54) is 6.26 Å². The highest BCUT2D eigenvalue weighted by molar-refractivity contribution is 7.91. The van der Waals surface area contributed by atoms with E-state index in [2.05, 4.69) is 9.97 Å². The summed E-state index contributed by atoms with van der Waals surface area (Å²) in [4.78, 5) is 14.2. The largest absolute Gasteiger partial charge is 0.486 e. The molecule has 12 heteroatoms. The molecule has 3 aliphatic rings. The van der Waals surface area contributed by atoms with Gasteiger partial charge in [0.15, 0.2) is 27.2 Å². The van der Waals surface area contributed by atoms with Gasteiger partial charge in [-0.25, -0.2) is 18.4 Å². The summed E-state index contributed by atoms with van der Waals surface area (Å²) < 4.78 is 77.5. The minimum Gasteiger partial charge on any atom is -0.486 e. The van der Waals surface area contributed by atoms with Crippen LogP contribution in [0.25, 0.3) is 22.3 Å². The van der Waals surface area contributed by atoms with Crippen LogP contribution in [0.4, 0.5) is 19.0 Å². The number of nitrogens with one attached hydrogen (secondary N) is 1. The van der Waals surface area contributed by atoms with E-state index < -0.39 is 26.3 Å². The Morgan fingerprint density at radius 2 is 2.00 bits per heavy atom. The maximum absolute atomic E-state index is 13.7. The third kappa shape index (κ3) is 3.40. The predicted molar refractivity (Wildman–Crippen MR) is 122 cm³/mol. The number of alkyl halides is 3. The van der Waals surface area contributed by atoms with Crippen molar-refractivity contribution < 1.29 is 31.1 Å². The van der Waals surface area contributed by atoms with Crippen molar-refractivity contribution in [3.8, 4) is 17.1 Å². The van der Waals surface area contributed by atoms with Crippen LogP contribution in [0, 0.1) is 0 Å². The zero-order valence-corrected chi connectivity index (χ0v) is 19.7. The number of nitrogens with zero attached hydrogens (tertiary/aromatic N) is 3. The molecule has 0 bridgehead atoms. The molecule has 4 heterocycles. The Balaban J connectivity index is 1.64. The Labute approximate surface area is 199 Å². The molecule has 3 aromatic rings. The number of hydrogen-bond donors (Lipinski definition) is 1. The van der Waals surface area contributed by atoms with Crippen molar-refractivity contribution in [2.45, 2.75) is 36.2 Å². The van der Waals surface area contributed by atoms with E-state index in [0.717, 1.165) is 12.1 Å². The van der Waals surface area contributed by atoms with Crippen LogP contribution < -0.4 is 9.64 Å². The van der Waals surface area contributed by atoms with Crippen LogP contribution in [0.5, 0.6) is 5.75 Å². The van der Waals surface area contributed by atoms with Crippen molar-refractivity contribution >= 4 is 26.6 Å². The summed E-state index contributed by atoms with van der Waals surface area (Å²) in [5.74, 6) is 0.745. The Kier molecular flexibility index (Phi) is 4.89. The van der Waals surface area contributed by atoms with Gasteiger partial charge in [-0.15, -0.1) is 0 Å². The van der Waals surface area contributed by atoms with Crippen molar-refractivity contribution in [3.63, 3.8) is 0 Å². The summed E-state index contributed by atoms with van der Waals surface area (Å²) in [7, 11) is -3.61. The van der Waals surface area contributed by atoms with Gasteiger partial charge in [-0.3, -0.25) is 0 Å². The van der Waals surface area contributed by atoms with Gasteiger partial charge >= 0.3 is 6.18 Å². The second kappa shape index (κ2) is 7.57. The third-order valence-electron chi connectivity index (χ3n) is 7.31. The third-order valence-corrected chi connectivity index (χ3v) is 9.33. The highest BCUT2D eigenvalue weighted by Gasteiger charge is 2.53. The van der Waals surface area contributed by atoms with Gasteiger partial charge in [-0.1, -0.05) is 0 Å². The number of ether oxygens (including phenoxy) is 2. The quantitative estimate of drug-likeness (QED) is 0.577. The first-order valence-electron chi connectivity index (χ1n) is 11.4. The maximum Gasteiger partial charge on any atom is 0.416 e. The zero-order chi connectivity index (χ0) is 24.6. The summed E-state index contributed by atoms with van der Waals surface area (Å²) >= 11 is 0. The molecule has 186 valence electrons. The van der Waals surface area contributed by atoms with Crippen molar-refractivity contribution in [1.29, 1.82) is 0 Å². The molecule has 0 radical (unpaired) electrons. The molecule has 35 heavy (non-hydrogen) atoms. The minimum atomic E-state index is -4.58. The number of morpholine rings is 1. The summed E-state index contributed by atoms with van der Waals surface area (Å²) in [5, 5.41) is 0.515. The molecule has 8 nitrogen and oxygen atoms in total. The number of anilines is 1. The molecule has 0 spiro atoms. The average molecular weight is 509 g/mol. The fourth-order valence-electron chi connectivity index (χ4n) is 5.24. The van der Waals surface area contributed by atoms with Crippen molar-refractivity contribution in [2.75, 3.05) is 37.5 Å². The molecule has 1 atom stereocenters. The van der Waals surface area contributed by atoms with Crippen molar-refractivity contribution in [1.82, 2.24) is 15.0 Å². The number of aromatic amines is 1. The van der Waals surface area contributed by atoms with E-state index >= 15 is 0 Å². The van der Waals surface area contributed by atoms with E-state index in [9.17, 15) is 21.6 Å². The van der Waals surface area contributed by atoms with Crippen LogP contribution >= 0.6 is 0 Å². The molecule has 1 saturated heterocycles. The number of halogens is 3. The first-order valence-corrected chi connectivity index (χ1v) is 13.3. The van der Waals surface area contributed by atoms with Crippen molar-refractivity contribution in [3.05, 3.63) is 35.7 Å². The molecule has 2 aliphatic heterocycles. The molecule has 0 amide bonds. The van der Waals surface area contributed by atoms with Crippen molar-refractivity contribution in [2.24, 2.45) is 0 Å². The molecule has 0 unspecified atom stereocenters. The maximum atomic E-state index is 13.7. The van der Waals surface area contributed by atoms with Gasteiger partial charge in [0.2, 0.25) is 0 Å². The van der Waals surface area contributed by atoms with Crippen LogP contribution in [0.1, 0.15) is 30.5 Å². The number of fused-ring (bicyclic) bond motifs is 4. The molecule has 6 rings (SSSR count). The lowest BCUT2D eigenvalue weighted by atomic mass is 9.80. The van der Waals surface area contributed by atoms with E-state index in [-0.39, 0.29) is 29.7 Å². The first kappa shape index (κ1) is 22.6. The van der Waals surface area contributed by atoms with Crippen LogP contribution in [-0.2, 0) is 25.5 Å². The lowest BCUT2D eigenvalue weighted by molar-refractivity contribution is -0.137. The summed E-state index contributed by atoms with van der Waals surface area (Å²) in [6, 6.07) is 3.60. The lowest BCUT2D eigenvalue weighted by Gasteiger charge is -2.44. The average Bonchev–Trinajstić information content (AvgIpc) is 3.24. The van der Waals surface area contributed by atoms with Gasteiger partial charge in [-0.05, 0) is 37.5 Å². The van der Waals surface area contributed by atoms with Crippen LogP contribution in [0.2, 0.25) is 0 Å². The Morgan fingerprint density at radius 3 is 2.69 bits per heavy atom. The molecule has 1 aliphatic carbocycles. The van der Waals surface area contributed by atoms with Gasteiger partial charge < -0.3 is 19.4 Å². The van der Waals surface area contributed by atoms with Crippen LogP contribution in [-0.4, -0.2) is 62.0 Å². The smallest absolute Gasteiger partial charge is 0.416 e. The monoisotopic (exact) mass is 508 g/mol. The first-order chi connectivity index (χ1) is 16.6. The Bertz CT molecular complexity index is 1430. The SMILES string of the molecule is CS(=O)(=O)C1(c2nc(-c3cc(C(F)(F)F)cc4[nH]ccc34)nc3c2OC[C@@H]2COCCN32)CCC1. The highest BCUT2D eigenvalue weighted by Crippen LogP contribution is 2.53. The molecule has 1 aromatic carbocycles. The number of sulfone groups is 1. The number of benzene rings is 1. The minimum absolute atomic E-state index is 0.0418. The van der Waals surface area contributed by atoms with E-state index in [1.807, 2.05) is 4.90 Å². The number of H-pyrrole nitrogens is 1. The number of rotatable bonds is 3. The molecular weight excluding hydrogens is 485 g/mol. The lowest BCUT2D eigenvalue weighted by Crippen LogP contribution is -2.52. The molecule has 1 N–H and O–H groups in total. The standard InChI is InChI=1S/C23H23F3N4O4S/c1-35(31,32)22(4-2-5-22)19-18-21(30-7-8-33-11-14(30)12-34-18)29-20(28-19)16-9-13(23(24,25)26)10-17-15(16)3-6-27-17/h3,6,9-10,14,27H,2,4-5,7-8,11-12H2,1H3/t14-/m0/s1. The summed E-state index contributed by atoms with van der Waals surface area (Å²) in [6.07, 6.45) is -0.411. The van der Waals surface area contributed by atoms with Crippen LogP contribution in [0.15, 0.2) is 24.4 Å². The number of aromatic nitrogens is 3. The van der Waals surface area contributed by atoms with Gasteiger partial charge in [0.25, 0.3) is 0 Å². The van der Waals surface area contributed by atoms with Gasteiger partial charge in [0, 0.05) is 35.5 Å². The summed E-state index contributed by atoms with van der Waals surface area (Å²) in [6.45, 7) is 1.66. The fourth-order valence-corrected chi connectivity index (χ4v) is 6.76. The normalized spacial score (nSPS) is 21.7. The second-order valence-electron chi connectivity index (χ2n) is 9.36. The molecule has 2 fully saturated rings. The van der Waals surface area contributed by atoms with Gasteiger partial charge in [0.1, 0.15) is 17.0 Å². The van der Waals surface area contributed by atoms with Crippen LogP contribution in [0.3, 0.4) is 0 Å². The zero-order valence-electron chi connectivity index (χ0n) is 18.9. The molecule has 1 saturated carbocycles. The van der Waals surface area contributed by atoms with E-state index in [4.69, 9.17) is 14.5 Å². The highest BCUT2D eigenvalue weighted by atomic mass is 32.2. The van der Waals surface area contributed by atoms with E-state index in [0.29, 0.717) is 61.5 Å². The van der Waals surface area contributed by atoms with Gasteiger partial charge in [-0.2, -0.15) is 13.2 Å². The molecule has 2 aromatic heterocycles. The second-order valence-corrected chi connectivity index (χ2v) is 11.7.